The summed E-state index contributed by atoms with van der Waals surface area (Å²) in [4.78, 5) is 18.6. The second kappa shape index (κ2) is 8.51. The number of nitrogens with zero attached hydrogens (tertiary/aromatic N) is 5. The van der Waals surface area contributed by atoms with Crippen molar-refractivity contribution in [3.05, 3.63) is 51.6 Å². The van der Waals surface area contributed by atoms with Crippen LogP contribution in [-0.4, -0.2) is 54.4 Å². The van der Waals surface area contributed by atoms with Crippen LogP contribution in [0, 0.1) is 0 Å². The third-order valence-corrected chi connectivity index (χ3v) is 6.94. The number of likely N-dealkylation sites (tertiary alicyclic amines) is 1. The average molecular weight is 423 g/mol. The van der Waals surface area contributed by atoms with Gasteiger partial charge in [-0.2, -0.15) is 0 Å². The van der Waals surface area contributed by atoms with E-state index in [2.05, 4.69) is 44.5 Å². The lowest BCUT2D eigenvalue weighted by atomic mass is 9.98. The molecule has 5 rings (SSSR count). The van der Waals surface area contributed by atoms with Crippen molar-refractivity contribution in [1.29, 1.82) is 0 Å². The molecule has 0 amide bonds. The molecule has 3 aromatic rings. The van der Waals surface area contributed by atoms with Crippen LogP contribution >= 0.6 is 0 Å². The minimum Gasteiger partial charge on any atom is -0.393 e. The number of rotatable bonds is 5. The van der Waals surface area contributed by atoms with Crippen LogP contribution in [0.5, 0.6) is 0 Å². The summed E-state index contributed by atoms with van der Waals surface area (Å²) in [5.74, 6) is 0.736. The predicted molar refractivity (Wildman–Crippen MR) is 118 cm³/mol. The molecule has 0 bridgehead atoms. The van der Waals surface area contributed by atoms with Crippen LogP contribution in [0.4, 0.5) is 0 Å². The molecule has 1 atom stereocenters. The highest BCUT2D eigenvalue weighted by Crippen LogP contribution is 2.34. The van der Waals surface area contributed by atoms with E-state index in [9.17, 15) is 9.90 Å². The number of H-pyrrole nitrogens is 1. The summed E-state index contributed by atoms with van der Waals surface area (Å²) in [5.41, 5.74) is 2.65. The van der Waals surface area contributed by atoms with Gasteiger partial charge in [-0.05, 0) is 71.7 Å². The SMILES string of the molecule is CCc1ccc2[nH]c(=O)c([C@@H](c3nnnn3C3CCCC3)N3CCC(O)CC3)cc2c1. The van der Waals surface area contributed by atoms with E-state index in [1.54, 1.807) is 0 Å². The molecule has 8 nitrogen and oxygen atoms in total. The van der Waals surface area contributed by atoms with E-state index in [1.807, 2.05) is 16.8 Å². The molecule has 1 aliphatic heterocycles. The molecule has 0 unspecified atom stereocenters. The first-order valence-corrected chi connectivity index (χ1v) is 11.5. The first-order chi connectivity index (χ1) is 15.1. The van der Waals surface area contributed by atoms with E-state index in [-0.39, 0.29) is 23.7 Å². The number of aliphatic hydroxyl groups excluding tert-OH is 1. The molecule has 2 aromatic heterocycles. The highest BCUT2D eigenvalue weighted by Gasteiger charge is 2.34. The van der Waals surface area contributed by atoms with Crippen LogP contribution in [0.3, 0.4) is 0 Å². The monoisotopic (exact) mass is 422 g/mol. The number of pyridine rings is 1. The number of piperidine rings is 1. The van der Waals surface area contributed by atoms with Crippen molar-refractivity contribution in [3.63, 3.8) is 0 Å². The van der Waals surface area contributed by atoms with Crippen molar-refractivity contribution in [2.45, 2.75) is 70.1 Å². The first-order valence-electron chi connectivity index (χ1n) is 11.5. The van der Waals surface area contributed by atoms with Crippen molar-refractivity contribution in [2.24, 2.45) is 0 Å². The van der Waals surface area contributed by atoms with Crippen molar-refractivity contribution in [3.8, 4) is 0 Å². The zero-order valence-electron chi connectivity index (χ0n) is 18.0. The van der Waals surface area contributed by atoms with E-state index < -0.39 is 0 Å². The summed E-state index contributed by atoms with van der Waals surface area (Å²) in [5, 5.41) is 23.9. The van der Waals surface area contributed by atoms with Crippen LogP contribution < -0.4 is 5.56 Å². The highest BCUT2D eigenvalue weighted by atomic mass is 16.3. The molecule has 0 radical (unpaired) electrons. The Bertz CT molecular complexity index is 1110. The lowest BCUT2D eigenvalue weighted by Gasteiger charge is -2.35. The molecular formula is C23H30N6O2. The Balaban J connectivity index is 1.63. The summed E-state index contributed by atoms with van der Waals surface area (Å²) in [7, 11) is 0. The summed E-state index contributed by atoms with van der Waals surface area (Å²) in [6.45, 7) is 3.54. The smallest absolute Gasteiger partial charge is 0.253 e. The number of aryl methyl sites for hydroxylation is 1. The predicted octanol–water partition coefficient (Wildman–Crippen LogP) is 2.74. The minimum atomic E-state index is -0.332. The van der Waals surface area contributed by atoms with E-state index in [4.69, 9.17) is 0 Å². The van der Waals surface area contributed by atoms with Gasteiger partial charge in [0.1, 0.15) is 6.04 Å². The van der Waals surface area contributed by atoms with Crippen molar-refractivity contribution >= 4 is 10.9 Å². The number of aromatic nitrogens is 5. The van der Waals surface area contributed by atoms with E-state index in [1.165, 1.54) is 18.4 Å². The molecule has 2 aliphatic rings. The van der Waals surface area contributed by atoms with Gasteiger partial charge in [0.05, 0.1) is 12.1 Å². The Labute approximate surface area is 181 Å². The molecule has 1 aliphatic carbocycles. The van der Waals surface area contributed by atoms with Gasteiger partial charge in [0.2, 0.25) is 0 Å². The van der Waals surface area contributed by atoms with E-state index >= 15 is 0 Å². The Kier molecular flexibility index (Phi) is 5.58. The number of aromatic amines is 1. The summed E-state index contributed by atoms with van der Waals surface area (Å²) in [6.07, 6.45) is 6.53. The second-order valence-corrected chi connectivity index (χ2v) is 8.92. The standard InChI is InChI=1S/C23H30N6O2/c1-2-15-7-8-20-16(13-15)14-19(23(31)24-20)21(28-11-9-18(30)10-12-28)22-25-26-27-29(22)17-5-3-4-6-17/h7-8,13-14,17-18,21,30H,2-6,9-12H2,1H3,(H,24,31)/t21-/m0/s1. The molecule has 2 fully saturated rings. The van der Waals surface area contributed by atoms with E-state index in [0.717, 1.165) is 36.0 Å². The molecule has 31 heavy (non-hydrogen) atoms. The molecule has 3 heterocycles. The molecule has 1 saturated heterocycles. The topological polar surface area (TPSA) is 99.9 Å². The van der Waals surface area contributed by atoms with Gasteiger partial charge in [0, 0.05) is 24.2 Å². The van der Waals surface area contributed by atoms with Crippen molar-refractivity contribution < 1.29 is 5.11 Å². The zero-order valence-corrected chi connectivity index (χ0v) is 18.0. The maximum absolute atomic E-state index is 13.3. The Morgan fingerprint density at radius 3 is 2.68 bits per heavy atom. The first kappa shape index (κ1) is 20.3. The van der Waals surface area contributed by atoms with Crippen LogP contribution in [-0.2, 0) is 6.42 Å². The van der Waals surface area contributed by atoms with Crippen LogP contribution in [0.25, 0.3) is 10.9 Å². The van der Waals surface area contributed by atoms with Crippen LogP contribution in [0.1, 0.15) is 74.5 Å². The van der Waals surface area contributed by atoms with Gasteiger partial charge >= 0.3 is 0 Å². The number of fused-ring (bicyclic) bond motifs is 1. The number of aliphatic hydroxyl groups is 1. The Hall–Kier alpha value is -2.58. The number of tetrazole rings is 1. The van der Waals surface area contributed by atoms with Crippen LogP contribution in [0.2, 0.25) is 0 Å². The second-order valence-electron chi connectivity index (χ2n) is 8.92. The van der Waals surface area contributed by atoms with E-state index in [0.29, 0.717) is 31.5 Å². The van der Waals surface area contributed by atoms with Gasteiger partial charge in [-0.15, -0.1) is 5.10 Å². The van der Waals surface area contributed by atoms with Crippen molar-refractivity contribution in [2.75, 3.05) is 13.1 Å². The zero-order chi connectivity index (χ0) is 21.4. The lowest BCUT2D eigenvalue weighted by molar-refractivity contribution is 0.0654. The molecule has 2 N–H and O–H groups in total. The maximum atomic E-state index is 13.3. The fraction of sp³-hybridized carbons (Fsp3) is 0.565. The Morgan fingerprint density at radius 1 is 1.16 bits per heavy atom. The third-order valence-electron chi connectivity index (χ3n) is 6.94. The van der Waals surface area contributed by atoms with Gasteiger partial charge in [-0.1, -0.05) is 25.8 Å². The number of nitrogens with one attached hydrogen (secondary N) is 1. The largest absolute Gasteiger partial charge is 0.393 e. The fourth-order valence-corrected chi connectivity index (χ4v) is 5.13. The molecule has 1 saturated carbocycles. The summed E-state index contributed by atoms with van der Waals surface area (Å²) < 4.78 is 1.95. The quantitative estimate of drug-likeness (QED) is 0.656. The normalized spacial score (nSPS) is 19.9. The molecule has 164 valence electrons. The summed E-state index contributed by atoms with van der Waals surface area (Å²) in [6, 6.07) is 8.15. The molecule has 1 aromatic carbocycles. The average Bonchev–Trinajstić information content (AvgIpc) is 3.47. The molecule has 0 spiro atoms. The van der Waals surface area contributed by atoms with Gasteiger partial charge < -0.3 is 10.1 Å². The van der Waals surface area contributed by atoms with Gasteiger partial charge in [0.15, 0.2) is 5.82 Å². The third kappa shape index (κ3) is 3.90. The molecule has 8 heteroatoms. The highest BCUT2D eigenvalue weighted by molar-refractivity contribution is 5.80. The number of hydrogen-bond acceptors (Lipinski definition) is 6. The molecular weight excluding hydrogens is 392 g/mol. The summed E-state index contributed by atoms with van der Waals surface area (Å²) >= 11 is 0. The lowest BCUT2D eigenvalue weighted by Crippen LogP contribution is -2.42. The van der Waals surface area contributed by atoms with Gasteiger partial charge in [-0.3, -0.25) is 9.69 Å². The maximum Gasteiger partial charge on any atom is 0.253 e. The van der Waals surface area contributed by atoms with Gasteiger partial charge in [0.25, 0.3) is 5.56 Å². The van der Waals surface area contributed by atoms with Crippen LogP contribution in [0.15, 0.2) is 29.1 Å². The minimum absolute atomic E-state index is 0.103. The Morgan fingerprint density at radius 2 is 1.94 bits per heavy atom. The number of hydrogen-bond donors (Lipinski definition) is 2. The van der Waals surface area contributed by atoms with Gasteiger partial charge in [-0.25, -0.2) is 4.68 Å². The fourth-order valence-electron chi connectivity index (χ4n) is 5.13. The number of benzene rings is 1. The van der Waals surface area contributed by atoms with Crippen molar-refractivity contribution in [1.82, 2.24) is 30.1 Å².